The van der Waals surface area contributed by atoms with Crippen LogP contribution < -0.4 is 9.64 Å². The van der Waals surface area contributed by atoms with E-state index in [2.05, 4.69) is 0 Å². The lowest BCUT2D eigenvalue weighted by molar-refractivity contribution is -0.131. The Hall–Kier alpha value is -3.72. The summed E-state index contributed by atoms with van der Waals surface area (Å²) >= 11 is 1.37. The van der Waals surface area contributed by atoms with E-state index < -0.39 is 12.0 Å². The minimum absolute atomic E-state index is 0.0245. The number of Topliss-reactive ketones (excluding diaryl/α,β-unsaturated/α-hetero) is 1. The van der Waals surface area contributed by atoms with Crippen molar-refractivity contribution in [3.8, 4) is 5.75 Å². The van der Waals surface area contributed by atoms with Crippen molar-refractivity contribution in [1.82, 2.24) is 4.98 Å². The summed E-state index contributed by atoms with van der Waals surface area (Å²) in [5.41, 5.74) is 2.21. The smallest absolute Gasteiger partial charge is 0.337 e. The van der Waals surface area contributed by atoms with Crippen molar-refractivity contribution < 1.29 is 28.6 Å². The summed E-state index contributed by atoms with van der Waals surface area (Å²) in [7, 11) is 1.33. The maximum Gasteiger partial charge on any atom is 0.337 e. The Kier molecular flexibility index (Phi) is 5.95. The minimum Gasteiger partial charge on any atom is -0.494 e. The number of carbonyl (C=O) groups is 3. The molecule has 3 heterocycles. The number of aromatic nitrogens is 1. The predicted molar refractivity (Wildman–Crippen MR) is 138 cm³/mol. The molecule has 2 aliphatic heterocycles. The molecule has 6 rings (SSSR count). The first-order valence-corrected chi connectivity index (χ1v) is 13.3. The number of hydrogen-bond donors (Lipinski definition) is 0. The molecule has 3 unspecified atom stereocenters. The van der Waals surface area contributed by atoms with E-state index in [1.807, 2.05) is 25.1 Å². The van der Waals surface area contributed by atoms with E-state index in [1.54, 1.807) is 29.2 Å². The summed E-state index contributed by atoms with van der Waals surface area (Å²) in [6.45, 7) is 2.47. The molecule has 1 fully saturated rings. The largest absolute Gasteiger partial charge is 0.494 e. The highest BCUT2D eigenvalue weighted by atomic mass is 32.1. The van der Waals surface area contributed by atoms with Crippen LogP contribution >= 0.6 is 11.3 Å². The van der Waals surface area contributed by atoms with Gasteiger partial charge in [-0.3, -0.25) is 14.5 Å². The Morgan fingerprint density at radius 2 is 1.92 bits per heavy atom. The molecule has 0 radical (unpaired) electrons. The summed E-state index contributed by atoms with van der Waals surface area (Å²) < 4.78 is 17.6. The van der Waals surface area contributed by atoms with Crippen molar-refractivity contribution in [2.75, 3.05) is 18.6 Å². The maximum atomic E-state index is 13.9. The number of methoxy groups -OCH3 is 1. The van der Waals surface area contributed by atoms with Crippen LogP contribution in [0.3, 0.4) is 0 Å². The van der Waals surface area contributed by atoms with Crippen LogP contribution in [0.5, 0.6) is 5.75 Å². The van der Waals surface area contributed by atoms with Gasteiger partial charge in [-0.1, -0.05) is 29.9 Å². The summed E-state index contributed by atoms with van der Waals surface area (Å²) in [5.74, 6) is -0.232. The first kappa shape index (κ1) is 23.7. The third kappa shape index (κ3) is 3.89. The normalized spacial score (nSPS) is 23.1. The summed E-state index contributed by atoms with van der Waals surface area (Å²) in [6, 6.07) is 11.7. The molecular formula is C28H26N2O6S. The molecule has 0 saturated heterocycles. The second-order valence-electron chi connectivity index (χ2n) is 9.40. The lowest BCUT2D eigenvalue weighted by atomic mass is 9.77. The molecular weight excluding hydrogens is 492 g/mol. The van der Waals surface area contributed by atoms with Gasteiger partial charge in [-0.15, -0.1) is 0 Å². The zero-order chi connectivity index (χ0) is 25.7. The van der Waals surface area contributed by atoms with E-state index >= 15 is 0 Å². The second-order valence-corrected chi connectivity index (χ2v) is 10.4. The Morgan fingerprint density at radius 3 is 2.68 bits per heavy atom. The van der Waals surface area contributed by atoms with Crippen molar-refractivity contribution in [1.29, 1.82) is 0 Å². The van der Waals surface area contributed by atoms with Gasteiger partial charge in [0.2, 0.25) is 0 Å². The van der Waals surface area contributed by atoms with Gasteiger partial charge in [-0.25, -0.2) is 9.78 Å². The molecule has 37 heavy (non-hydrogen) atoms. The van der Waals surface area contributed by atoms with E-state index in [-0.39, 0.29) is 29.5 Å². The molecule has 1 saturated carbocycles. The molecule has 1 amide bonds. The lowest BCUT2D eigenvalue weighted by Crippen LogP contribution is -2.39. The Morgan fingerprint density at radius 1 is 1.14 bits per heavy atom. The number of amides is 1. The van der Waals surface area contributed by atoms with Crippen molar-refractivity contribution in [3.05, 3.63) is 64.9 Å². The first-order valence-electron chi connectivity index (χ1n) is 12.5. The number of ketones is 1. The van der Waals surface area contributed by atoms with Crippen molar-refractivity contribution in [2.24, 2.45) is 5.92 Å². The number of benzene rings is 2. The SMILES string of the molecule is CCOc1ccc2nc(N3C(=O)C4=C(C(=O)C5CCCCC5O4)C3c3ccc(C(=O)OC)cc3)sc2c1. The number of esters is 1. The van der Waals surface area contributed by atoms with Crippen molar-refractivity contribution >= 4 is 44.3 Å². The standard InChI is InChI=1S/C28H26N2O6S/c1-3-35-17-12-13-19-21(14-17)37-28(29-19)30-23(15-8-10-16(11-9-15)27(33)34-2)22-24(31)18-6-4-5-7-20(18)36-25(22)26(30)32/h8-14,18,20,23H,3-7H2,1-2H3. The zero-order valence-electron chi connectivity index (χ0n) is 20.6. The van der Waals surface area contributed by atoms with Gasteiger partial charge in [0.05, 0.1) is 47.0 Å². The van der Waals surface area contributed by atoms with Crippen LogP contribution in [-0.2, 0) is 19.1 Å². The third-order valence-electron chi connectivity index (χ3n) is 7.28. The fourth-order valence-corrected chi connectivity index (χ4v) is 6.55. The van der Waals surface area contributed by atoms with Crippen LogP contribution in [0.25, 0.3) is 10.2 Å². The van der Waals surface area contributed by atoms with Gasteiger partial charge in [0, 0.05) is 0 Å². The van der Waals surface area contributed by atoms with Crippen LogP contribution in [0.4, 0.5) is 5.13 Å². The Labute approximate surface area is 217 Å². The van der Waals surface area contributed by atoms with Gasteiger partial charge in [-0.2, -0.15) is 0 Å². The molecule has 3 aliphatic rings. The Balaban J connectivity index is 1.46. The Bertz CT molecular complexity index is 1440. The van der Waals surface area contributed by atoms with E-state index in [9.17, 15) is 14.4 Å². The van der Waals surface area contributed by atoms with Crippen LogP contribution in [0, 0.1) is 5.92 Å². The molecule has 1 aliphatic carbocycles. The van der Waals surface area contributed by atoms with Gasteiger partial charge in [0.25, 0.3) is 5.91 Å². The van der Waals surface area contributed by atoms with Gasteiger partial charge in [-0.05, 0) is 62.1 Å². The molecule has 0 spiro atoms. The highest BCUT2D eigenvalue weighted by Gasteiger charge is 2.53. The molecule has 3 aromatic rings. The monoisotopic (exact) mass is 518 g/mol. The molecule has 190 valence electrons. The fraction of sp³-hybridized carbons (Fsp3) is 0.357. The highest BCUT2D eigenvalue weighted by Crippen LogP contribution is 2.49. The quantitative estimate of drug-likeness (QED) is 0.440. The molecule has 3 atom stereocenters. The lowest BCUT2D eigenvalue weighted by Gasteiger charge is -2.35. The predicted octanol–water partition coefficient (Wildman–Crippen LogP) is 4.98. The summed E-state index contributed by atoms with van der Waals surface area (Å²) in [6.07, 6.45) is 3.20. The zero-order valence-corrected chi connectivity index (χ0v) is 21.4. The maximum absolute atomic E-state index is 13.9. The highest BCUT2D eigenvalue weighted by molar-refractivity contribution is 7.22. The summed E-state index contributed by atoms with van der Waals surface area (Å²) in [5, 5.41) is 0.476. The van der Waals surface area contributed by atoms with Crippen molar-refractivity contribution in [3.63, 3.8) is 0 Å². The number of thiazole rings is 1. The molecule has 0 N–H and O–H groups in total. The topological polar surface area (TPSA) is 95.0 Å². The molecule has 2 aromatic carbocycles. The number of anilines is 1. The molecule has 8 nitrogen and oxygen atoms in total. The van der Waals surface area contributed by atoms with Crippen molar-refractivity contribution in [2.45, 2.75) is 44.8 Å². The number of hydrogen-bond acceptors (Lipinski definition) is 8. The molecule has 9 heteroatoms. The van der Waals surface area contributed by atoms with E-state index in [0.717, 1.165) is 41.6 Å². The first-order chi connectivity index (χ1) is 18.0. The van der Waals surface area contributed by atoms with Gasteiger partial charge < -0.3 is 14.2 Å². The molecule has 0 bridgehead atoms. The number of ether oxygens (including phenoxy) is 3. The van der Waals surface area contributed by atoms with E-state index in [1.165, 1.54) is 18.4 Å². The number of nitrogens with zero attached hydrogens (tertiary/aromatic N) is 2. The average molecular weight is 519 g/mol. The van der Waals surface area contributed by atoms with Gasteiger partial charge in [0.1, 0.15) is 11.9 Å². The molecule has 1 aromatic heterocycles. The number of fused-ring (bicyclic) bond motifs is 2. The summed E-state index contributed by atoms with van der Waals surface area (Å²) in [4.78, 5) is 46.0. The van der Waals surface area contributed by atoms with Crippen LogP contribution in [0.1, 0.15) is 54.6 Å². The van der Waals surface area contributed by atoms with Crippen LogP contribution in [0.15, 0.2) is 53.8 Å². The van der Waals surface area contributed by atoms with Gasteiger partial charge >= 0.3 is 5.97 Å². The second kappa shape index (κ2) is 9.30. The van der Waals surface area contributed by atoms with Gasteiger partial charge in [0.15, 0.2) is 16.7 Å². The van der Waals surface area contributed by atoms with Crippen LogP contribution in [0.2, 0.25) is 0 Å². The average Bonchev–Trinajstić information content (AvgIpc) is 3.47. The number of carbonyl (C=O) groups excluding carboxylic acids is 3. The fourth-order valence-electron chi connectivity index (χ4n) is 5.53. The third-order valence-corrected chi connectivity index (χ3v) is 8.29. The van der Waals surface area contributed by atoms with E-state index in [0.29, 0.717) is 28.4 Å². The minimum atomic E-state index is -0.698. The van der Waals surface area contributed by atoms with E-state index in [4.69, 9.17) is 19.2 Å². The van der Waals surface area contributed by atoms with Crippen LogP contribution in [-0.4, -0.2) is 42.5 Å². The number of rotatable bonds is 5.